The molecule has 3 bridgehead atoms. The second kappa shape index (κ2) is 15.6. The van der Waals surface area contributed by atoms with Crippen molar-refractivity contribution in [2.75, 3.05) is 26.1 Å². The van der Waals surface area contributed by atoms with Gasteiger partial charge < -0.3 is 19.6 Å². The Balaban J connectivity index is 0.959. The molecule has 0 aromatic heterocycles. The van der Waals surface area contributed by atoms with Gasteiger partial charge in [0.2, 0.25) is 6.71 Å². The van der Waals surface area contributed by atoms with Gasteiger partial charge in [-0.05, 0) is 161 Å². The fourth-order valence-electron chi connectivity index (χ4n) is 14.6. The van der Waals surface area contributed by atoms with E-state index in [0.29, 0.717) is 6.04 Å². The maximum Gasteiger partial charge on any atom is 0.252 e. The van der Waals surface area contributed by atoms with Gasteiger partial charge >= 0.3 is 0 Å². The average molecular weight is 929 g/mol. The van der Waals surface area contributed by atoms with Gasteiger partial charge in [-0.1, -0.05) is 151 Å². The van der Waals surface area contributed by atoms with E-state index in [2.05, 4.69) is 226 Å². The van der Waals surface area contributed by atoms with Crippen LogP contribution in [0.2, 0.25) is 0 Å². The van der Waals surface area contributed by atoms with Crippen LogP contribution in [0.5, 0.6) is 0 Å². The number of nitrogens with zero attached hydrogens (tertiary/aromatic N) is 4. The summed E-state index contributed by atoms with van der Waals surface area (Å²) in [6.45, 7) is 1.25. The zero-order valence-electron chi connectivity index (χ0n) is 39.5. The van der Waals surface area contributed by atoms with Crippen molar-refractivity contribution in [2.24, 2.45) is 17.8 Å². The topological polar surface area (TPSA) is 13.0 Å². The maximum atomic E-state index is 2.88. The highest BCUT2D eigenvalue weighted by Gasteiger charge is 2.49. The lowest BCUT2D eigenvalue weighted by molar-refractivity contribution is 0.0754. The second-order valence-electron chi connectivity index (χ2n) is 21.2. The van der Waals surface area contributed by atoms with E-state index in [1.54, 1.807) is 0 Å². The lowest BCUT2D eigenvalue weighted by Crippen LogP contribution is -2.64. The summed E-state index contributed by atoms with van der Waals surface area (Å²) in [5.41, 5.74) is 23.2. The van der Waals surface area contributed by atoms with Crippen LogP contribution in [0.4, 0.5) is 56.9 Å². The largest absolute Gasteiger partial charge is 0.368 e. The fourth-order valence-corrected chi connectivity index (χ4v) is 15.8. The Hall–Kier alpha value is -7.34. The Morgan fingerprint density at radius 3 is 1.55 bits per heavy atom. The van der Waals surface area contributed by atoms with E-state index in [0.717, 1.165) is 23.4 Å². The monoisotopic (exact) mass is 928 g/mol. The molecule has 4 nitrogen and oxygen atoms in total. The Labute approximate surface area is 421 Å². The summed E-state index contributed by atoms with van der Waals surface area (Å²) >= 11 is 2.01. The van der Waals surface area contributed by atoms with Crippen molar-refractivity contribution in [3.63, 3.8) is 0 Å². The smallest absolute Gasteiger partial charge is 0.252 e. The molecule has 0 amide bonds. The molecule has 9 aromatic carbocycles. The highest BCUT2D eigenvalue weighted by Crippen LogP contribution is 2.52. The van der Waals surface area contributed by atoms with Crippen LogP contribution < -0.4 is 52.4 Å². The maximum absolute atomic E-state index is 2.88. The zero-order chi connectivity index (χ0) is 46.3. The number of anilines is 10. The first-order chi connectivity index (χ1) is 35.2. The molecule has 7 heteroatoms. The quantitative estimate of drug-likeness (QED) is 0.159. The third kappa shape index (κ3) is 6.02. The zero-order valence-corrected chi connectivity index (χ0v) is 40.4. The van der Waals surface area contributed by atoms with Crippen molar-refractivity contribution in [2.45, 2.75) is 47.9 Å². The van der Waals surface area contributed by atoms with Gasteiger partial charge in [0.25, 0.3) is 6.71 Å². The Bertz CT molecular complexity index is 3610. The standard InChI is InChI=1S/C64H50B2N4S/c1-5-17-42(18-6-1)45-34-58-63-59(35-45)70(48-23-11-4-12-24-48)57-39-61-54(38-53(57)65(63)51-25-13-15-27-55(51)68(58)46-19-7-2-8-20-46)66-52-26-14-16-28-56(52)69(47-21-9-3-10-22-47)60-36-50(37-62(71-61)64(60)66)67-40-43-30-29-41-31-44(43)33-49(67)32-41/h1-28,34-39,41,43-44,49H,29-33,40H2. The molecule has 0 radical (unpaired) electrons. The molecule has 71 heavy (non-hydrogen) atoms. The molecule has 338 valence electrons. The van der Waals surface area contributed by atoms with Crippen LogP contribution in [0.3, 0.4) is 0 Å². The minimum absolute atomic E-state index is 0.00268. The number of benzene rings is 9. The predicted octanol–water partition coefficient (Wildman–Crippen LogP) is 12.2. The highest BCUT2D eigenvalue weighted by molar-refractivity contribution is 8.00. The minimum Gasteiger partial charge on any atom is -0.368 e. The summed E-state index contributed by atoms with van der Waals surface area (Å²) < 4.78 is 0. The molecule has 2 saturated carbocycles. The molecular weight excluding hydrogens is 878 g/mol. The molecule has 1 saturated heterocycles. The van der Waals surface area contributed by atoms with Gasteiger partial charge in [-0.15, -0.1) is 0 Å². The van der Waals surface area contributed by atoms with E-state index in [-0.39, 0.29) is 13.4 Å². The Kier molecular flexibility index (Phi) is 8.86. The number of piperidine rings is 1. The van der Waals surface area contributed by atoms with Gasteiger partial charge in [-0.25, -0.2) is 0 Å². The molecule has 0 spiro atoms. The number of hydrogen-bond donors (Lipinski definition) is 0. The molecule has 9 aromatic rings. The summed E-state index contributed by atoms with van der Waals surface area (Å²) in [4.78, 5) is 13.3. The molecule has 4 unspecified atom stereocenters. The molecule has 16 rings (SSSR count). The SMILES string of the molecule is c1ccc(-c2cc3c4c(c2)N(c2ccccc2)c2cc5c(cc2B4c2ccccc2N3c2ccccc2)B2c3ccccc3N(c3ccccc3)c3cc(N4CC6CCC7CC6CC4C7)cc(c32)S5)cc1. The van der Waals surface area contributed by atoms with Crippen LogP contribution in [-0.4, -0.2) is 26.0 Å². The van der Waals surface area contributed by atoms with Gasteiger partial charge in [0.15, 0.2) is 0 Å². The lowest BCUT2D eigenvalue weighted by Gasteiger charge is -2.54. The van der Waals surface area contributed by atoms with Crippen molar-refractivity contribution in [1.82, 2.24) is 0 Å². The molecule has 0 N–H and O–H groups in total. The van der Waals surface area contributed by atoms with E-state index < -0.39 is 0 Å². The first-order valence-electron chi connectivity index (χ1n) is 26.0. The predicted molar refractivity (Wildman–Crippen MR) is 300 cm³/mol. The first kappa shape index (κ1) is 40.4. The number of hydrogen-bond acceptors (Lipinski definition) is 5. The van der Waals surface area contributed by atoms with Crippen LogP contribution in [0.25, 0.3) is 11.1 Å². The molecule has 7 aliphatic rings. The summed E-state index contributed by atoms with van der Waals surface area (Å²) in [7, 11) is 0. The fraction of sp³-hybridized carbons (Fsp3) is 0.156. The first-order valence-corrected chi connectivity index (χ1v) is 26.8. The summed E-state index contributed by atoms with van der Waals surface area (Å²) in [5, 5.41) is 0. The van der Waals surface area contributed by atoms with Gasteiger partial charge in [-0.2, -0.15) is 0 Å². The molecular formula is C64H50B2N4S. The third-order valence-corrected chi connectivity index (χ3v) is 18.7. The third-order valence-electron chi connectivity index (χ3n) is 17.5. The van der Waals surface area contributed by atoms with Crippen LogP contribution >= 0.6 is 11.8 Å². The van der Waals surface area contributed by atoms with Crippen molar-refractivity contribution in [3.05, 3.63) is 206 Å². The normalized spacial score (nSPS) is 20.4. The van der Waals surface area contributed by atoms with E-state index in [1.165, 1.54) is 144 Å². The van der Waals surface area contributed by atoms with E-state index in [1.807, 2.05) is 11.8 Å². The summed E-state index contributed by atoms with van der Waals surface area (Å²) in [6, 6.07) is 78.8. The van der Waals surface area contributed by atoms with Gasteiger partial charge in [0.05, 0.1) is 0 Å². The van der Waals surface area contributed by atoms with Crippen LogP contribution in [0.15, 0.2) is 216 Å². The van der Waals surface area contributed by atoms with Crippen LogP contribution in [0, 0.1) is 17.8 Å². The molecule has 5 aliphatic heterocycles. The number of fused-ring (bicyclic) bond motifs is 10. The Morgan fingerprint density at radius 1 is 0.366 bits per heavy atom. The van der Waals surface area contributed by atoms with Crippen molar-refractivity contribution in [3.8, 4) is 11.1 Å². The van der Waals surface area contributed by atoms with Gasteiger partial charge in [0.1, 0.15) is 0 Å². The molecule has 2 aliphatic carbocycles. The van der Waals surface area contributed by atoms with Gasteiger partial charge in [-0.3, -0.25) is 0 Å². The lowest BCUT2D eigenvalue weighted by atomic mass is 9.31. The average Bonchev–Trinajstić information content (AvgIpc) is 3.42. The Morgan fingerprint density at radius 2 is 0.915 bits per heavy atom. The summed E-state index contributed by atoms with van der Waals surface area (Å²) in [6.07, 6.45) is 6.96. The number of rotatable bonds is 5. The van der Waals surface area contributed by atoms with E-state index in [4.69, 9.17) is 0 Å². The van der Waals surface area contributed by atoms with Crippen molar-refractivity contribution >= 4 is 115 Å². The van der Waals surface area contributed by atoms with E-state index >= 15 is 0 Å². The second-order valence-corrected chi connectivity index (χ2v) is 22.3. The highest BCUT2D eigenvalue weighted by atomic mass is 32.2. The molecule has 4 atom stereocenters. The minimum atomic E-state index is 0.00268. The van der Waals surface area contributed by atoms with Gasteiger partial charge in [0, 0.05) is 79.3 Å². The molecule has 3 fully saturated rings. The number of para-hydroxylation sites is 5. The van der Waals surface area contributed by atoms with Crippen molar-refractivity contribution < 1.29 is 0 Å². The van der Waals surface area contributed by atoms with E-state index in [9.17, 15) is 0 Å². The molecule has 5 heterocycles. The van der Waals surface area contributed by atoms with Crippen molar-refractivity contribution in [1.29, 1.82) is 0 Å². The van der Waals surface area contributed by atoms with Crippen LogP contribution in [-0.2, 0) is 0 Å². The summed E-state index contributed by atoms with van der Waals surface area (Å²) in [5.74, 6) is 2.58. The van der Waals surface area contributed by atoms with Crippen LogP contribution in [0.1, 0.15) is 32.1 Å².